The average molecular weight is 229 g/mol. The van der Waals surface area contributed by atoms with Crippen molar-refractivity contribution in [2.75, 3.05) is 13.1 Å². The Bertz CT molecular complexity index is 391. The molecule has 0 saturated carbocycles. The van der Waals surface area contributed by atoms with Crippen molar-refractivity contribution in [3.8, 4) is 0 Å². The average Bonchev–Trinajstić information content (AvgIpc) is 2.61. The lowest BCUT2D eigenvalue weighted by Gasteiger charge is -2.18. The summed E-state index contributed by atoms with van der Waals surface area (Å²) in [5.74, 6) is 0. The summed E-state index contributed by atoms with van der Waals surface area (Å²) in [6.45, 7) is 1.26. The molecule has 1 saturated heterocycles. The number of aromatic nitrogens is 2. The predicted octanol–water partition coefficient (Wildman–Crippen LogP) is 0.974. The Morgan fingerprint density at radius 3 is 2.40 bits per heavy atom. The molecule has 1 fully saturated rings. The van der Waals surface area contributed by atoms with E-state index in [4.69, 9.17) is 0 Å². The molecule has 2 heterocycles. The summed E-state index contributed by atoms with van der Waals surface area (Å²) in [5.41, 5.74) is 0. The molecule has 1 aliphatic rings. The zero-order valence-corrected chi connectivity index (χ0v) is 9.33. The minimum atomic E-state index is -3.30. The highest BCUT2D eigenvalue weighted by atomic mass is 32.2. The second-order valence-corrected chi connectivity index (χ2v) is 5.69. The molecule has 0 unspecified atom stereocenters. The lowest BCUT2D eigenvalue weighted by molar-refractivity contribution is 0.424. The van der Waals surface area contributed by atoms with Crippen LogP contribution in [0.1, 0.15) is 25.7 Å². The van der Waals surface area contributed by atoms with Gasteiger partial charge in [-0.25, -0.2) is 8.42 Å². The van der Waals surface area contributed by atoms with Crippen molar-refractivity contribution in [2.45, 2.75) is 30.6 Å². The third kappa shape index (κ3) is 2.21. The van der Waals surface area contributed by atoms with Crippen molar-refractivity contribution < 1.29 is 8.42 Å². The summed E-state index contributed by atoms with van der Waals surface area (Å²) in [6, 6.07) is 0. The van der Waals surface area contributed by atoms with E-state index in [0.717, 1.165) is 25.7 Å². The van der Waals surface area contributed by atoms with Crippen LogP contribution in [0.2, 0.25) is 0 Å². The Labute approximate surface area is 89.5 Å². The number of hydrogen-bond donors (Lipinski definition) is 1. The quantitative estimate of drug-likeness (QED) is 0.822. The van der Waals surface area contributed by atoms with Crippen LogP contribution in [-0.2, 0) is 10.0 Å². The number of rotatable bonds is 2. The van der Waals surface area contributed by atoms with Crippen molar-refractivity contribution in [1.82, 2.24) is 14.5 Å². The summed E-state index contributed by atoms with van der Waals surface area (Å²) < 4.78 is 25.7. The van der Waals surface area contributed by atoms with Crippen molar-refractivity contribution in [3.05, 3.63) is 12.4 Å². The maximum atomic E-state index is 12.1. The van der Waals surface area contributed by atoms with E-state index < -0.39 is 10.0 Å². The zero-order valence-electron chi connectivity index (χ0n) is 8.52. The molecule has 0 spiro atoms. The van der Waals surface area contributed by atoms with E-state index in [1.165, 1.54) is 12.4 Å². The SMILES string of the molecule is O=S(=O)(c1cn[nH]c1)N1CCCCCC1. The Morgan fingerprint density at radius 2 is 1.87 bits per heavy atom. The van der Waals surface area contributed by atoms with Gasteiger partial charge in [-0.1, -0.05) is 12.8 Å². The Balaban J connectivity index is 2.21. The van der Waals surface area contributed by atoms with E-state index in [1.54, 1.807) is 4.31 Å². The van der Waals surface area contributed by atoms with E-state index in [9.17, 15) is 8.42 Å². The highest BCUT2D eigenvalue weighted by Crippen LogP contribution is 2.18. The molecule has 0 aliphatic carbocycles. The standard InChI is InChI=1S/C9H15N3O2S/c13-15(14,9-7-10-11-8-9)12-5-3-1-2-4-6-12/h7-8H,1-6H2,(H,10,11). The highest BCUT2D eigenvalue weighted by molar-refractivity contribution is 7.89. The number of nitrogens with zero attached hydrogens (tertiary/aromatic N) is 2. The van der Waals surface area contributed by atoms with Gasteiger partial charge in [0.15, 0.2) is 0 Å². The van der Waals surface area contributed by atoms with Gasteiger partial charge in [0.25, 0.3) is 0 Å². The Hall–Kier alpha value is -0.880. The van der Waals surface area contributed by atoms with Crippen LogP contribution in [0.15, 0.2) is 17.3 Å². The third-order valence-corrected chi connectivity index (χ3v) is 4.54. The first-order valence-electron chi connectivity index (χ1n) is 5.20. The molecule has 0 amide bonds. The zero-order chi connectivity index (χ0) is 10.7. The van der Waals surface area contributed by atoms with Gasteiger partial charge in [-0.15, -0.1) is 0 Å². The van der Waals surface area contributed by atoms with Crippen molar-refractivity contribution in [1.29, 1.82) is 0 Å². The van der Waals surface area contributed by atoms with Crippen LogP contribution in [0.5, 0.6) is 0 Å². The first-order chi connectivity index (χ1) is 7.21. The van der Waals surface area contributed by atoms with Gasteiger partial charge in [0.1, 0.15) is 4.90 Å². The van der Waals surface area contributed by atoms with Crippen LogP contribution in [0.4, 0.5) is 0 Å². The van der Waals surface area contributed by atoms with E-state index >= 15 is 0 Å². The molecule has 0 atom stereocenters. The Kier molecular flexibility index (Phi) is 3.06. The van der Waals surface area contributed by atoms with Crippen molar-refractivity contribution in [2.24, 2.45) is 0 Å². The van der Waals surface area contributed by atoms with Crippen LogP contribution < -0.4 is 0 Å². The summed E-state index contributed by atoms with van der Waals surface area (Å²) in [6.07, 6.45) is 6.95. The van der Waals surface area contributed by atoms with E-state index in [0.29, 0.717) is 13.1 Å². The summed E-state index contributed by atoms with van der Waals surface area (Å²) >= 11 is 0. The minimum absolute atomic E-state index is 0.268. The second kappa shape index (κ2) is 4.32. The number of nitrogens with one attached hydrogen (secondary N) is 1. The molecule has 1 aromatic rings. The van der Waals surface area contributed by atoms with Gasteiger partial charge < -0.3 is 0 Å². The maximum Gasteiger partial charge on any atom is 0.246 e. The molecular formula is C9H15N3O2S. The third-order valence-electron chi connectivity index (χ3n) is 2.68. The smallest absolute Gasteiger partial charge is 0.246 e. The summed E-state index contributed by atoms with van der Waals surface area (Å²) in [4.78, 5) is 0.268. The normalized spacial score (nSPS) is 20.0. The number of aromatic amines is 1. The molecule has 5 nitrogen and oxygen atoms in total. The van der Waals surface area contributed by atoms with E-state index in [-0.39, 0.29) is 4.90 Å². The molecule has 0 radical (unpaired) electrons. The van der Waals surface area contributed by atoms with Gasteiger partial charge in [0.2, 0.25) is 10.0 Å². The first-order valence-corrected chi connectivity index (χ1v) is 6.64. The van der Waals surface area contributed by atoms with Crippen molar-refractivity contribution >= 4 is 10.0 Å². The fourth-order valence-corrected chi connectivity index (χ4v) is 3.24. The van der Waals surface area contributed by atoms with E-state index in [2.05, 4.69) is 10.2 Å². The monoisotopic (exact) mass is 229 g/mol. The Morgan fingerprint density at radius 1 is 1.20 bits per heavy atom. The molecule has 1 aromatic heterocycles. The lowest BCUT2D eigenvalue weighted by atomic mass is 10.2. The second-order valence-electron chi connectivity index (χ2n) is 3.75. The minimum Gasteiger partial charge on any atom is -0.284 e. The van der Waals surface area contributed by atoms with E-state index in [1.807, 2.05) is 0 Å². The van der Waals surface area contributed by atoms with Gasteiger partial charge in [0, 0.05) is 19.3 Å². The predicted molar refractivity (Wildman–Crippen MR) is 55.8 cm³/mol. The maximum absolute atomic E-state index is 12.1. The number of sulfonamides is 1. The first kappa shape index (κ1) is 10.6. The van der Waals surface area contributed by atoms with Gasteiger partial charge in [-0.2, -0.15) is 9.40 Å². The molecule has 84 valence electrons. The van der Waals surface area contributed by atoms with Gasteiger partial charge >= 0.3 is 0 Å². The molecule has 6 heteroatoms. The van der Waals surface area contributed by atoms with Crippen LogP contribution >= 0.6 is 0 Å². The fraction of sp³-hybridized carbons (Fsp3) is 0.667. The van der Waals surface area contributed by atoms with Crippen LogP contribution in [0.3, 0.4) is 0 Å². The molecule has 2 rings (SSSR count). The highest BCUT2D eigenvalue weighted by Gasteiger charge is 2.25. The molecule has 1 N–H and O–H groups in total. The molecule has 15 heavy (non-hydrogen) atoms. The largest absolute Gasteiger partial charge is 0.284 e. The number of H-pyrrole nitrogens is 1. The van der Waals surface area contributed by atoms with Gasteiger partial charge in [0.05, 0.1) is 6.20 Å². The molecule has 0 aromatic carbocycles. The molecule has 1 aliphatic heterocycles. The van der Waals surface area contributed by atoms with Crippen LogP contribution in [-0.4, -0.2) is 36.0 Å². The lowest BCUT2D eigenvalue weighted by Crippen LogP contribution is -2.31. The van der Waals surface area contributed by atoms with Gasteiger partial charge in [-0.3, -0.25) is 5.10 Å². The fourth-order valence-electron chi connectivity index (χ4n) is 1.81. The molecule has 0 bridgehead atoms. The van der Waals surface area contributed by atoms with Gasteiger partial charge in [-0.05, 0) is 12.8 Å². The van der Waals surface area contributed by atoms with Crippen LogP contribution in [0.25, 0.3) is 0 Å². The number of hydrogen-bond acceptors (Lipinski definition) is 3. The topological polar surface area (TPSA) is 66.1 Å². The van der Waals surface area contributed by atoms with Crippen LogP contribution in [0, 0.1) is 0 Å². The summed E-state index contributed by atoms with van der Waals surface area (Å²) in [7, 11) is -3.30. The van der Waals surface area contributed by atoms with Crippen molar-refractivity contribution in [3.63, 3.8) is 0 Å². The molecular weight excluding hydrogens is 214 g/mol. The summed E-state index contributed by atoms with van der Waals surface area (Å²) in [5, 5.41) is 6.21.